The molecule has 0 spiro atoms. The van der Waals surface area contributed by atoms with Crippen LogP contribution in [0.5, 0.6) is 0 Å². The van der Waals surface area contributed by atoms with Gasteiger partial charge in [0.15, 0.2) is 5.78 Å². The van der Waals surface area contributed by atoms with Crippen molar-refractivity contribution in [2.75, 3.05) is 6.61 Å². The van der Waals surface area contributed by atoms with Crippen molar-refractivity contribution < 1.29 is 14.3 Å². The summed E-state index contributed by atoms with van der Waals surface area (Å²) in [5.74, 6) is -0.617. The van der Waals surface area contributed by atoms with E-state index in [-0.39, 0.29) is 18.0 Å². The highest BCUT2D eigenvalue weighted by atomic mass is 16.5. The Balaban J connectivity index is 2.62. The monoisotopic (exact) mass is 204 g/mol. The highest BCUT2D eigenvalue weighted by Gasteiger charge is 2.10. The number of ether oxygens (including phenoxy) is 1. The highest BCUT2D eigenvalue weighted by molar-refractivity contribution is 6.08. The summed E-state index contributed by atoms with van der Waals surface area (Å²) in [4.78, 5) is 22.2. The zero-order chi connectivity index (χ0) is 11.3. The van der Waals surface area contributed by atoms with Gasteiger partial charge < -0.3 is 4.74 Å². The SMILES string of the molecule is C=C(COC(C)=O)C(=O)c1ccccc1. The van der Waals surface area contributed by atoms with Gasteiger partial charge >= 0.3 is 5.97 Å². The Kier molecular flexibility index (Phi) is 3.80. The van der Waals surface area contributed by atoms with E-state index in [0.29, 0.717) is 5.56 Å². The fourth-order valence-electron chi connectivity index (χ4n) is 1.05. The van der Waals surface area contributed by atoms with Gasteiger partial charge in [-0.1, -0.05) is 36.9 Å². The summed E-state index contributed by atoms with van der Waals surface area (Å²) in [7, 11) is 0. The Morgan fingerprint density at radius 2 is 1.87 bits per heavy atom. The lowest BCUT2D eigenvalue weighted by Gasteiger charge is -2.04. The fourth-order valence-corrected chi connectivity index (χ4v) is 1.05. The maximum Gasteiger partial charge on any atom is 0.302 e. The molecule has 0 aliphatic heterocycles. The molecule has 0 aliphatic rings. The molecule has 0 unspecified atom stereocenters. The number of rotatable bonds is 4. The van der Waals surface area contributed by atoms with E-state index < -0.39 is 5.97 Å². The molecule has 0 saturated heterocycles. The van der Waals surface area contributed by atoms with Gasteiger partial charge in [0.1, 0.15) is 6.61 Å². The Morgan fingerprint density at radius 3 is 2.40 bits per heavy atom. The van der Waals surface area contributed by atoms with E-state index in [1.54, 1.807) is 24.3 Å². The molecule has 0 aromatic heterocycles. The first-order chi connectivity index (χ1) is 7.11. The van der Waals surface area contributed by atoms with Crippen LogP contribution in [0.3, 0.4) is 0 Å². The molecule has 0 saturated carbocycles. The second-order valence-corrected chi connectivity index (χ2v) is 3.08. The molecule has 0 bridgehead atoms. The van der Waals surface area contributed by atoms with Crippen LogP contribution in [0.25, 0.3) is 0 Å². The van der Waals surface area contributed by atoms with E-state index in [0.717, 1.165) is 0 Å². The summed E-state index contributed by atoms with van der Waals surface area (Å²) >= 11 is 0. The second-order valence-electron chi connectivity index (χ2n) is 3.08. The van der Waals surface area contributed by atoms with Gasteiger partial charge in [-0.25, -0.2) is 0 Å². The standard InChI is InChI=1S/C12H12O3/c1-9(8-15-10(2)13)12(14)11-6-4-3-5-7-11/h3-7H,1,8H2,2H3. The Morgan fingerprint density at radius 1 is 1.27 bits per heavy atom. The smallest absolute Gasteiger partial charge is 0.302 e. The molecule has 1 aromatic carbocycles. The number of hydrogen-bond acceptors (Lipinski definition) is 3. The van der Waals surface area contributed by atoms with E-state index in [1.807, 2.05) is 6.07 Å². The van der Waals surface area contributed by atoms with Crippen LogP contribution in [-0.4, -0.2) is 18.4 Å². The first-order valence-corrected chi connectivity index (χ1v) is 4.52. The van der Waals surface area contributed by atoms with Crippen LogP contribution < -0.4 is 0 Å². The summed E-state index contributed by atoms with van der Waals surface area (Å²) in [5.41, 5.74) is 0.825. The third-order valence-electron chi connectivity index (χ3n) is 1.81. The topological polar surface area (TPSA) is 43.4 Å². The predicted octanol–water partition coefficient (Wildman–Crippen LogP) is 1.99. The number of esters is 1. The number of carbonyl (C=O) groups excluding carboxylic acids is 2. The first-order valence-electron chi connectivity index (χ1n) is 4.52. The van der Waals surface area contributed by atoms with Gasteiger partial charge in [-0.2, -0.15) is 0 Å². The van der Waals surface area contributed by atoms with E-state index in [1.165, 1.54) is 6.92 Å². The van der Waals surface area contributed by atoms with E-state index >= 15 is 0 Å². The molecule has 0 atom stereocenters. The van der Waals surface area contributed by atoms with Crippen molar-refractivity contribution in [3.8, 4) is 0 Å². The van der Waals surface area contributed by atoms with Crippen molar-refractivity contribution in [1.82, 2.24) is 0 Å². The Labute approximate surface area is 88.4 Å². The lowest BCUT2D eigenvalue weighted by Crippen LogP contribution is -2.10. The van der Waals surface area contributed by atoms with Crippen LogP contribution in [0.2, 0.25) is 0 Å². The van der Waals surface area contributed by atoms with Crippen molar-refractivity contribution >= 4 is 11.8 Å². The van der Waals surface area contributed by atoms with Crippen LogP contribution in [0.1, 0.15) is 17.3 Å². The molecule has 0 amide bonds. The zero-order valence-electron chi connectivity index (χ0n) is 8.53. The molecule has 1 aromatic rings. The molecular formula is C12H12O3. The van der Waals surface area contributed by atoms with Crippen LogP contribution in [-0.2, 0) is 9.53 Å². The van der Waals surface area contributed by atoms with Crippen molar-refractivity contribution in [3.63, 3.8) is 0 Å². The number of benzene rings is 1. The van der Waals surface area contributed by atoms with Crippen molar-refractivity contribution in [1.29, 1.82) is 0 Å². The quantitative estimate of drug-likeness (QED) is 0.428. The maximum atomic E-state index is 11.7. The van der Waals surface area contributed by atoms with E-state index in [2.05, 4.69) is 11.3 Å². The lowest BCUT2D eigenvalue weighted by molar-refractivity contribution is -0.139. The second kappa shape index (κ2) is 5.10. The van der Waals surface area contributed by atoms with Gasteiger partial charge in [-0.05, 0) is 0 Å². The fraction of sp³-hybridized carbons (Fsp3) is 0.167. The van der Waals surface area contributed by atoms with Gasteiger partial charge in [0.25, 0.3) is 0 Å². The Bertz CT molecular complexity index is 379. The van der Waals surface area contributed by atoms with Gasteiger partial charge in [-0.15, -0.1) is 0 Å². The van der Waals surface area contributed by atoms with Crippen LogP contribution in [0.15, 0.2) is 42.5 Å². The first kappa shape index (κ1) is 11.2. The van der Waals surface area contributed by atoms with E-state index in [9.17, 15) is 9.59 Å². The summed E-state index contributed by atoms with van der Waals surface area (Å²) in [6.45, 7) is 4.82. The molecule has 0 heterocycles. The molecule has 3 nitrogen and oxygen atoms in total. The van der Waals surface area contributed by atoms with Crippen LogP contribution in [0.4, 0.5) is 0 Å². The number of ketones is 1. The molecule has 0 N–H and O–H groups in total. The average Bonchev–Trinajstić information content (AvgIpc) is 2.26. The average molecular weight is 204 g/mol. The molecule has 78 valence electrons. The van der Waals surface area contributed by atoms with E-state index in [4.69, 9.17) is 0 Å². The minimum absolute atomic E-state index is 0.0525. The van der Waals surface area contributed by atoms with Crippen molar-refractivity contribution in [2.45, 2.75) is 6.92 Å². The van der Waals surface area contributed by atoms with Crippen molar-refractivity contribution in [2.24, 2.45) is 0 Å². The lowest BCUT2D eigenvalue weighted by atomic mass is 10.1. The van der Waals surface area contributed by atoms with Gasteiger partial charge in [0.2, 0.25) is 0 Å². The molecule has 0 aliphatic carbocycles. The summed E-state index contributed by atoms with van der Waals surface area (Å²) in [5, 5.41) is 0. The summed E-state index contributed by atoms with van der Waals surface area (Å²) < 4.78 is 4.69. The number of Topliss-reactive ketones (excluding diaryl/α,β-unsaturated/α-hetero) is 1. The maximum absolute atomic E-state index is 11.7. The molecule has 0 radical (unpaired) electrons. The number of hydrogen-bond donors (Lipinski definition) is 0. The highest BCUT2D eigenvalue weighted by Crippen LogP contribution is 2.06. The molecular weight excluding hydrogens is 192 g/mol. The normalized spacial score (nSPS) is 9.40. The van der Waals surface area contributed by atoms with Gasteiger partial charge in [0, 0.05) is 18.1 Å². The molecule has 1 rings (SSSR count). The van der Waals surface area contributed by atoms with Crippen molar-refractivity contribution in [3.05, 3.63) is 48.0 Å². The molecule has 0 fully saturated rings. The number of carbonyl (C=O) groups is 2. The minimum atomic E-state index is -0.419. The van der Waals surface area contributed by atoms with Crippen LogP contribution >= 0.6 is 0 Å². The molecule has 15 heavy (non-hydrogen) atoms. The minimum Gasteiger partial charge on any atom is -0.461 e. The van der Waals surface area contributed by atoms with Gasteiger partial charge in [0.05, 0.1) is 0 Å². The zero-order valence-corrected chi connectivity index (χ0v) is 8.53. The van der Waals surface area contributed by atoms with Gasteiger partial charge in [-0.3, -0.25) is 9.59 Å². The summed E-state index contributed by atoms with van der Waals surface area (Å²) in [6.07, 6.45) is 0. The largest absolute Gasteiger partial charge is 0.461 e. The Hall–Kier alpha value is -1.90. The summed E-state index contributed by atoms with van der Waals surface area (Å²) in [6, 6.07) is 8.76. The third-order valence-corrected chi connectivity index (χ3v) is 1.81. The molecule has 3 heteroatoms. The third kappa shape index (κ3) is 3.38. The predicted molar refractivity (Wildman–Crippen MR) is 56.5 cm³/mol. The van der Waals surface area contributed by atoms with Crippen LogP contribution in [0, 0.1) is 0 Å².